The predicted molar refractivity (Wildman–Crippen MR) is 103 cm³/mol. The number of nitrogens with zero attached hydrogens (tertiary/aromatic N) is 3. The number of oxazole rings is 1. The Kier molecular flexibility index (Phi) is 4.55. The number of imide groups is 1. The smallest absolute Gasteiger partial charge is 0.302 e. The number of Topliss-reactive ketones (excluding diaryl/α,β-unsaturated/α-hetero) is 1. The quantitative estimate of drug-likeness (QED) is 0.310. The van der Waals surface area contributed by atoms with Gasteiger partial charge in [-0.05, 0) is 31.2 Å². The number of rotatable bonds is 4. The van der Waals surface area contributed by atoms with Crippen LogP contribution in [0, 0.1) is 0 Å². The highest BCUT2D eigenvalue weighted by molar-refractivity contribution is 6.67. The van der Waals surface area contributed by atoms with Crippen molar-refractivity contribution in [3.05, 3.63) is 54.4 Å². The average molecular weight is 392 g/mol. The molecule has 0 radical (unpaired) electrons. The van der Waals surface area contributed by atoms with E-state index in [0.29, 0.717) is 17.7 Å². The molecule has 2 N–H and O–H groups in total. The molecular formula is C20H16N4O5. The van der Waals surface area contributed by atoms with Gasteiger partial charge >= 0.3 is 5.91 Å². The van der Waals surface area contributed by atoms with E-state index in [1.807, 2.05) is 0 Å². The number of nitrogens with two attached hydrogens (primary N) is 1. The molecule has 0 spiro atoms. The van der Waals surface area contributed by atoms with Gasteiger partial charge in [-0.2, -0.15) is 5.10 Å². The Balaban J connectivity index is 1.80. The van der Waals surface area contributed by atoms with Crippen LogP contribution >= 0.6 is 0 Å². The van der Waals surface area contributed by atoms with Crippen LogP contribution in [-0.2, 0) is 14.4 Å². The summed E-state index contributed by atoms with van der Waals surface area (Å²) >= 11 is 0. The number of anilines is 1. The molecule has 1 fully saturated rings. The van der Waals surface area contributed by atoms with Crippen LogP contribution in [0.15, 0.2) is 58.0 Å². The van der Waals surface area contributed by atoms with Crippen LogP contribution in [-0.4, -0.2) is 34.9 Å². The normalized spacial score (nSPS) is 18.7. The van der Waals surface area contributed by atoms with Gasteiger partial charge in [-0.3, -0.25) is 14.4 Å². The average Bonchev–Trinajstić information content (AvgIpc) is 3.15. The van der Waals surface area contributed by atoms with E-state index in [4.69, 9.17) is 15.0 Å². The molecule has 1 aromatic heterocycles. The summed E-state index contributed by atoms with van der Waals surface area (Å²) in [6.45, 7) is 2.07. The van der Waals surface area contributed by atoms with Gasteiger partial charge in [0.2, 0.25) is 11.7 Å². The molecule has 2 heterocycles. The van der Waals surface area contributed by atoms with Crippen molar-refractivity contribution in [3.8, 4) is 5.75 Å². The molecule has 0 unspecified atom stereocenters. The van der Waals surface area contributed by atoms with E-state index in [9.17, 15) is 14.4 Å². The number of hydrogen-bond donors (Lipinski definition) is 1. The molecule has 2 aromatic carbocycles. The monoisotopic (exact) mass is 392 g/mol. The molecule has 146 valence electrons. The third-order valence-electron chi connectivity index (χ3n) is 4.47. The van der Waals surface area contributed by atoms with E-state index >= 15 is 0 Å². The number of amides is 2. The van der Waals surface area contributed by atoms with E-state index in [1.165, 1.54) is 6.07 Å². The Hall–Kier alpha value is -4.01. The summed E-state index contributed by atoms with van der Waals surface area (Å²) in [7, 11) is 0. The summed E-state index contributed by atoms with van der Waals surface area (Å²) in [4.78, 5) is 43.9. The largest absolute Gasteiger partial charge is 0.492 e. The topological polar surface area (TPSA) is 128 Å². The lowest BCUT2D eigenvalue weighted by Gasteiger charge is -2.29. The zero-order valence-corrected chi connectivity index (χ0v) is 15.4. The molecule has 4 rings (SSSR count). The van der Waals surface area contributed by atoms with Crippen LogP contribution in [0.25, 0.3) is 11.1 Å². The molecule has 9 heteroatoms. The fraction of sp³-hybridized carbons (Fsp3) is 0.150. The zero-order valence-electron chi connectivity index (χ0n) is 15.4. The number of aromatic nitrogens is 1. The maximum absolute atomic E-state index is 13.1. The van der Waals surface area contributed by atoms with Crippen molar-refractivity contribution in [1.29, 1.82) is 0 Å². The van der Waals surface area contributed by atoms with Crippen molar-refractivity contribution in [1.82, 2.24) is 4.98 Å². The van der Waals surface area contributed by atoms with Gasteiger partial charge in [0.25, 0.3) is 5.91 Å². The molecule has 0 aliphatic carbocycles. The first-order chi connectivity index (χ1) is 14.1. The number of fused-ring (bicyclic) bond motifs is 1. The Bertz CT molecular complexity index is 1130. The first-order valence-electron chi connectivity index (χ1n) is 8.84. The highest BCUT2D eigenvalue weighted by Gasteiger charge is 2.49. The number of hydrogen-bond acceptors (Lipinski definition) is 8. The minimum atomic E-state index is -1.41. The van der Waals surface area contributed by atoms with Crippen molar-refractivity contribution in [3.63, 3.8) is 0 Å². The summed E-state index contributed by atoms with van der Waals surface area (Å²) in [6, 6.07) is 13.2. The summed E-state index contributed by atoms with van der Waals surface area (Å²) in [5.74, 6) is 1.39. The van der Waals surface area contributed by atoms with Gasteiger partial charge < -0.3 is 15.0 Å². The third-order valence-corrected chi connectivity index (χ3v) is 4.47. The second-order valence-corrected chi connectivity index (χ2v) is 6.18. The molecule has 29 heavy (non-hydrogen) atoms. The van der Waals surface area contributed by atoms with Crippen molar-refractivity contribution in [2.45, 2.75) is 12.8 Å². The standard InChI is InChI=1S/C20H16N4O5/c1-2-28-14-10-6-4-8-12(14)24-19(26)16(23-21)15(17(25)20(24)27)18-22-11-7-3-5-9-13(11)29-18/h3-10,15H,2,21H2,1H3/b23-16+/t15-/m0/s1. The molecule has 2 amide bonds. The van der Waals surface area contributed by atoms with Crippen molar-refractivity contribution in [2.24, 2.45) is 10.9 Å². The van der Waals surface area contributed by atoms with Crippen LogP contribution in [0.3, 0.4) is 0 Å². The fourth-order valence-electron chi connectivity index (χ4n) is 3.20. The first kappa shape index (κ1) is 18.4. The van der Waals surface area contributed by atoms with E-state index in [1.54, 1.807) is 49.4 Å². The van der Waals surface area contributed by atoms with Gasteiger partial charge in [0.15, 0.2) is 11.5 Å². The van der Waals surface area contributed by atoms with Crippen molar-refractivity contribution < 1.29 is 23.5 Å². The van der Waals surface area contributed by atoms with Crippen LogP contribution in [0.2, 0.25) is 0 Å². The Morgan fingerprint density at radius 2 is 1.83 bits per heavy atom. The summed E-state index contributed by atoms with van der Waals surface area (Å²) in [6.07, 6.45) is 0. The fourth-order valence-corrected chi connectivity index (χ4v) is 3.20. The Morgan fingerprint density at radius 3 is 2.55 bits per heavy atom. The van der Waals surface area contributed by atoms with Crippen LogP contribution in [0.5, 0.6) is 5.75 Å². The van der Waals surface area contributed by atoms with Gasteiger partial charge in [-0.15, -0.1) is 0 Å². The van der Waals surface area contributed by atoms with E-state index < -0.39 is 23.5 Å². The third kappa shape index (κ3) is 2.92. The van der Waals surface area contributed by atoms with E-state index in [0.717, 1.165) is 4.90 Å². The van der Waals surface area contributed by atoms with Gasteiger partial charge in [-0.1, -0.05) is 24.3 Å². The Labute approximate surface area is 164 Å². The maximum atomic E-state index is 13.1. The first-order valence-corrected chi connectivity index (χ1v) is 8.84. The van der Waals surface area contributed by atoms with Gasteiger partial charge in [0.1, 0.15) is 17.0 Å². The highest BCUT2D eigenvalue weighted by Crippen LogP contribution is 2.34. The van der Waals surface area contributed by atoms with Crippen LogP contribution < -0.4 is 15.5 Å². The van der Waals surface area contributed by atoms with Gasteiger partial charge in [0.05, 0.1) is 12.3 Å². The Morgan fingerprint density at radius 1 is 1.10 bits per heavy atom. The number of hydrazone groups is 1. The maximum Gasteiger partial charge on any atom is 0.302 e. The lowest BCUT2D eigenvalue weighted by atomic mass is 9.91. The van der Waals surface area contributed by atoms with Crippen molar-refractivity contribution >= 4 is 40.1 Å². The SMILES string of the molecule is CCOc1ccccc1N1C(=O)C(=O)[C@@H](c2nc3ccccc3o2)/C(=N\N)C1=O. The predicted octanol–water partition coefficient (Wildman–Crippen LogP) is 1.77. The number of para-hydroxylation sites is 4. The zero-order chi connectivity index (χ0) is 20.5. The van der Waals surface area contributed by atoms with Crippen LogP contribution in [0.1, 0.15) is 18.7 Å². The second-order valence-electron chi connectivity index (χ2n) is 6.18. The summed E-state index contributed by atoms with van der Waals surface area (Å²) in [5, 5.41) is 3.50. The van der Waals surface area contributed by atoms with Crippen molar-refractivity contribution in [2.75, 3.05) is 11.5 Å². The molecule has 1 aliphatic heterocycles. The number of piperidine rings is 1. The molecule has 1 atom stereocenters. The number of ether oxygens (including phenoxy) is 1. The minimum absolute atomic E-state index is 0.111. The number of benzene rings is 2. The number of carbonyl (C=O) groups is 3. The molecule has 1 aliphatic rings. The summed E-state index contributed by atoms with van der Waals surface area (Å²) < 4.78 is 11.1. The highest BCUT2D eigenvalue weighted by atomic mass is 16.5. The summed E-state index contributed by atoms with van der Waals surface area (Å²) in [5.41, 5.74) is 0.689. The molecule has 0 bridgehead atoms. The lowest BCUT2D eigenvalue weighted by molar-refractivity contribution is -0.139. The van der Waals surface area contributed by atoms with E-state index in [2.05, 4.69) is 10.1 Å². The molecular weight excluding hydrogens is 376 g/mol. The molecule has 0 saturated carbocycles. The molecule has 3 aromatic rings. The number of ketones is 1. The minimum Gasteiger partial charge on any atom is -0.492 e. The molecule has 9 nitrogen and oxygen atoms in total. The van der Waals surface area contributed by atoms with Gasteiger partial charge in [0, 0.05) is 0 Å². The van der Waals surface area contributed by atoms with Crippen LogP contribution in [0.4, 0.5) is 5.69 Å². The molecule has 1 saturated heterocycles. The lowest BCUT2D eigenvalue weighted by Crippen LogP contribution is -2.55. The number of carbonyl (C=O) groups excluding carboxylic acids is 3. The van der Waals surface area contributed by atoms with Gasteiger partial charge in [-0.25, -0.2) is 9.88 Å². The second kappa shape index (κ2) is 7.19. The van der Waals surface area contributed by atoms with E-state index in [-0.39, 0.29) is 23.0 Å².